The molecule has 0 spiro atoms. The Labute approximate surface area is 133 Å². The zero-order valence-electron chi connectivity index (χ0n) is 11.3. The number of nitrogens with zero attached hydrogens (tertiary/aromatic N) is 2. The number of anilines is 1. The summed E-state index contributed by atoms with van der Waals surface area (Å²) in [6.07, 6.45) is 0. The maximum Gasteiger partial charge on any atom is 0.333 e. The molecule has 1 aromatic carbocycles. The SMILES string of the molecule is Cn1c(O)c(C(=O)Nc2ccc(I)cc2)c(=O)n(C)c1=O. The van der Waals surface area contributed by atoms with Gasteiger partial charge in [-0.05, 0) is 46.9 Å². The minimum atomic E-state index is -0.849. The summed E-state index contributed by atoms with van der Waals surface area (Å²) >= 11 is 2.12. The Morgan fingerprint density at radius 1 is 1.14 bits per heavy atom. The molecule has 1 amide bonds. The predicted octanol–water partition coefficient (Wildman–Crippen LogP) is 0.646. The molecule has 1 heterocycles. The largest absolute Gasteiger partial charge is 0.494 e. The minimum Gasteiger partial charge on any atom is -0.494 e. The second-order valence-corrected chi connectivity index (χ2v) is 5.61. The fraction of sp³-hybridized carbons (Fsp3) is 0.154. The molecule has 110 valence electrons. The van der Waals surface area contributed by atoms with Gasteiger partial charge in [0.05, 0.1) is 0 Å². The number of carbonyl (C=O) groups is 1. The molecule has 2 rings (SSSR count). The van der Waals surface area contributed by atoms with E-state index in [1.165, 1.54) is 14.1 Å². The average molecular weight is 401 g/mol. The highest BCUT2D eigenvalue weighted by Gasteiger charge is 2.21. The number of halogens is 1. The number of rotatable bonds is 2. The third-order valence-corrected chi connectivity index (χ3v) is 3.68. The van der Waals surface area contributed by atoms with Gasteiger partial charge in [0.15, 0.2) is 5.56 Å². The van der Waals surface area contributed by atoms with E-state index in [0.29, 0.717) is 5.69 Å². The summed E-state index contributed by atoms with van der Waals surface area (Å²) in [7, 11) is 2.52. The van der Waals surface area contributed by atoms with E-state index >= 15 is 0 Å². The number of aromatic nitrogens is 2. The van der Waals surface area contributed by atoms with Crippen molar-refractivity contribution < 1.29 is 9.90 Å². The van der Waals surface area contributed by atoms with E-state index in [-0.39, 0.29) is 0 Å². The standard InChI is InChI=1S/C13H12IN3O4/c1-16-11(19)9(12(20)17(2)13(16)21)10(18)15-8-5-3-7(14)4-6-8/h3-6,19H,1-2H3,(H,15,18). The number of amides is 1. The summed E-state index contributed by atoms with van der Waals surface area (Å²) in [6, 6.07) is 6.91. The van der Waals surface area contributed by atoms with Crippen LogP contribution < -0.4 is 16.6 Å². The molecule has 0 aliphatic heterocycles. The highest BCUT2D eigenvalue weighted by Crippen LogP contribution is 2.14. The Hall–Kier alpha value is -2.10. The van der Waals surface area contributed by atoms with Crippen LogP contribution in [0.25, 0.3) is 0 Å². The Bertz CT molecular complexity index is 821. The van der Waals surface area contributed by atoms with Gasteiger partial charge in [0.2, 0.25) is 5.88 Å². The molecule has 0 saturated carbocycles. The Morgan fingerprint density at radius 2 is 1.71 bits per heavy atom. The van der Waals surface area contributed by atoms with Gasteiger partial charge in [-0.25, -0.2) is 4.79 Å². The van der Waals surface area contributed by atoms with Crippen LogP contribution in [0.2, 0.25) is 0 Å². The number of nitrogens with one attached hydrogen (secondary N) is 1. The van der Waals surface area contributed by atoms with Crippen molar-refractivity contribution in [1.29, 1.82) is 0 Å². The van der Waals surface area contributed by atoms with Crippen LogP contribution >= 0.6 is 22.6 Å². The van der Waals surface area contributed by atoms with Crippen LogP contribution in [-0.4, -0.2) is 20.1 Å². The lowest BCUT2D eigenvalue weighted by molar-refractivity contribution is 0.102. The van der Waals surface area contributed by atoms with E-state index in [4.69, 9.17) is 0 Å². The first kappa shape index (κ1) is 15.3. The van der Waals surface area contributed by atoms with Crippen molar-refractivity contribution in [3.8, 4) is 5.88 Å². The molecule has 0 bridgehead atoms. The summed E-state index contributed by atoms with van der Waals surface area (Å²) in [6.45, 7) is 0. The van der Waals surface area contributed by atoms with E-state index in [1.54, 1.807) is 24.3 Å². The van der Waals surface area contributed by atoms with Gasteiger partial charge in [-0.3, -0.25) is 18.7 Å². The van der Waals surface area contributed by atoms with Gasteiger partial charge in [-0.2, -0.15) is 0 Å². The third-order valence-electron chi connectivity index (χ3n) is 2.96. The Kier molecular flexibility index (Phi) is 4.16. The molecule has 7 nitrogen and oxygen atoms in total. The summed E-state index contributed by atoms with van der Waals surface area (Å²) in [4.78, 5) is 35.7. The second-order valence-electron chi connectivity index (χ2n) is 4.37. The zero-order valence-corrected chi connectivity index (χ0v) is 13.4. The summed E-state index contributed by atoms with van der Waals surface area (Å²) in [5.41, 5.74) is -1.55. The smallest absolute Gasteiger partial charge is 0.333 e. The molecule has 8 heteroatoms. The van der Waals surface area contributed by atoms with Gasteiger partial charge in [0, 0.05) is 23.4 Å². The zero-order chi connectivity index (χ0) is 15.7. The molecule has 0 radical (unpaired) electrons. The van der Waals surface area contributed by atoms with E-state index in [9.17, 15) is 19.5 Å². The van der Waals surface area contributed by atoms with Crippen LogP contribution in [-0.2, 0) is 14.1 Å². The van der Waals surface area contributed by atoms with Crippen molar-refractivity contribution in [2.45, 2.75) is 0 Å². The lowest BCUT2D eigenvalue weighted by Gasteiger charge is -2.10. The van der Waals surface area contributed by atoms with Crippen LogP contribution in [0.4, 0.5) is 5.69 Å². The van der Waals surface area contributed by atoms with Crippen molar-refractivity contribution >= 4 is 34.2 Å². The van der Waals surface area contributed by atoms with E-state index in [1.807, 2.05) is 0 Å². The Morgan fingerprint density at radius 3 is 2.29 bits per heavy atom. The molecule has 0 atom stereocenters. The summed E-state index contributed by atoms with van der Waals surface area (Å²) < 4.78 is 2.60. The molecule has 1 aromatic heterocycles. The predicted molar refractivity (Wildman–Crippen MR) is 85.7 cm³/mol. The van der Waals surface area contributed by atoms with E-state index < -0.39 is 28.6 Å². The summed E-state index contributed by atoms with van der Waals surface area (Å²) in [5, 5.41) is 12.4. The van der Waals surface area contributed by atoms with Crippen molar-refractivity contribution in [2.75, 3.05) is 5.32 Å². The molecule has 2 aromatic rings. The van der Waals surface area contributed by atoms with Crippen molar-refractivity contribution in [2.24, 2.45) is 14.1 Å². The maximum atomic E-state index is 12.2. The lowest BCUT2D eigenvalue weighted by Crippen LogP contribution is -2.40. The lowest BCUT2D eigenvalue weighted by atomic mass is 10.2. The van der Waals surface area contributed by atoms with Crippen molar-refractivity contribution in [3.05, 3.63) is 54.2 Å². The van der Waals surface area contributed by atoms with Crippen LogP contribution in [0.5, 0.6) is 5.88 Å². The quantitative estimate of drug-likeness (QED) is 0.723. The third kappa shape index (κ3) is 2.84. The van der Waals surface area contributed by atoms with Crippen LogP contribution in [0.1, 0.15) is 10.4 Å². The minimum absolute atomic E-state index is 0.474. The van der Waals surface area contributed by atoms with Crippen molar-refractivity contribution in [1.82, 2.24) is 9.13 Å². The highest BCUT2D eigenvalue weighted by atomic mass is 127. The average Bonchev–Trinajstić information content (AvgIpc) is 2.46. The molecule has 21 heavy (non-hydrogen) atoms. The van der Waals surface area contributed by atoms with Crippen LogP contribution in [0.3, 0.4) is 0 Å². The Balaban J connectivity index is 2.47. The number of carbonyl (C=O) groups excluding carboxylic acids is 1. The molecule has 0 aliphatic rings. The van der Waals surface area contributed by atoms with Gasteiger partial charge in [-0.15, -0.1) is 0 Å². The van der Waals surface area contributed by atoms with Crippen LogP contribution in [0.15, 0.2) is 33.9 Å². The molecular formula is C13H12IN3O4. The fourth-order valence-electron chi connectivity index (χ4n) is 1.76. The number of aromatic hydroxyl groups is 1. The molecule has 0 unspecified atom stereocenters. The number of benzene rings is 1. The first-order chi connectivity index (χ1) is 9.82. The molecule has 0 fully saturated rings. The maximum absolute atomic E-state index is 12.2. The normalized spacial score (nSPS) is 10.4. The molecule has 0 saturated heterocycles. The van der Waals surface area contributed by atoms with Gasteiger partial charge in [-0.1, -0.05) is 0 Å². The summed E-state index contributed by atoms with van der Waals surface area (Å²) in [5.74, 6) is -1.43. The number of hydrogen-bond acceptors (Lipinski definition) is 4. The van der Waals surface area contributed by atoms with Gasteiger partial charge in [0.25, 0.3) is 11.5 Å². The number of hydrogen-bond donors (Lipinski definition) is 2. The first-order valence-electron chi connectivity index (χ1n) is 5.89. The monoisotopic (exact) mass is 401 g/mol. The fourth-order valence-corrected chi connectivity index (χ4v) is 2.12. The van der Waals surface area contributed by atoms with Crippen LogP contribution in [0, 0.1) is 3.57 Å². The van der Waals surface area contributed by atoms with E-state index in [0.717, 1.165) is 12.7 Å². The van der Waals surface area contributed by atoms with Gasteiger partial charge >= 0.3 is 5.69 Å². The molecular weight excluding hydrogens is 389 g/mol. The first-order valence-corrected chi connectivity index (χ1v) is 6.96. The molecule has 2 N–H and O–H groups in total. The van der Waals surface area contributed by atoms with E-state index in [2.05, 4.69) is 27.9 Å². The topological polar surface area (TPSA) is 93.3 Å². The highest BCUT2D eigenvalue weighted by molar-refractivity contribution is 14.1. The van der Waals surface area contributed by atoms with Gasteiger partial charge in [0.1, 0.15) is 0 Å². The van der Waals surface area contributed by atoms with Crippen molar-refractivity contribution in [3.63, 3.8) is 0 Å². The second kappa shape index (κ2) is 5.72. The van der Waals surface area contributed by atoms with Gasteiger partial charge < -0.3 is 10.4 Å². The molecule has 0 aliphatic carbocycles.